The molecule has 1 aromatic rings. The van der Waals surface area contributed by atoms with Crippen LogP contribution in [0.5, 0.6) is 0 Å². The standard InChI is InChI=1S/C14H19ClN2O4/c1-9(2)20-13(18)16-8-10(3)21-14(19)17-12-6-4-11(15)5-7-12/h4-7,9-10H,8H2,1-3H3,(H,16,18)(H,17,19)/t10-/m0/s1. The second kappa shape index (κ2) is 8.36. The SMILES string of the molecule is CC(C)OC(=O)NC[C@H](C)OC(=O)Nc1ccc(Cl)cc1. The number of anilines is 1. The molecule has 2 amide bonds. The van der Waals surface area contributed by atoms with Crippen LogP contribution < -0.4 is 10.6 Å². The molecule has 1 atom stereocenters. The van der Waals surface area contributed by atoms with E-state index in [1.54, 1.807) is 45.0 Å². The van der Waals surface area contributed by atoms with Gasteiger partial charge in [0.25, 0.3) is 0 Å². The van der Waals surface area contributed by atoms with Crippen LogP contribution in [0.25, 0.3) is 0 Å². The molecule has 7 heteroatoms. The van der Waals surface area contributed by atoms with Crippen LogP contribution in [0.4, 0.5) is 15.3 Å². The predicted octanol–water partition coefficient (Wildman–Crippen LogP) is 3.41. The summed E-state index contributed by atoms with van der Waals surface area (Å²) >= 11 is 5.74. The van der Waals surface area contributed by atoms with Crippen LogP contribution in [-0.4, -0.2) is 30.9 Å². The largest absolute Gasteiger partial charge is 0.447 e. The molecule has 0 aliphatic rings. The van der Waals surface area contributed by atoms with E-state index in [0.29, 0.717) is 10.7 Å². The first-order valence-corrected chi connectivity index (χ1v) is 6.92. The van der Waals surface area contributed by atoms with Crippen molar-refractivity contribution in [3.8, 4) is 0 Å². The van der Waals surface area contributed by atoms with E-state index in [0.717, 1.165) is 0 Å². The highest BCUT2D eigenvalue weighted by Gasteiger charge is 2.12. The number of carbonyl (C=O) groups is 2. The summed E-state index contributed by atoms with van der Waals surface area (Å²) in [6.07, 6.45) is -1.84. The van der Waals surface area contributed by atoms with Gasteiger partial charge in [0.05, 0.1) is 12.6 Å². The van der Waals surface area contributed by atoms with Crippen molar-refractivity contribution in [2.24, 2.45) is 0 Å². The Balaban J connectivity index is 2.30. The highest BCUT2D eigenvalue weighted by molar-refractivity contribution is 6.30. The van der Waals surface area contributed by atoms with E-state index < -0.39 is 18.3 Å². The smallest absolute Gasteiger partial charge is 0.411 e. The lowest BCUT2D eigenvalue weighted by Gasteiger charge is -2.15. The second-order valence-electron chi connectivity index (χ2n) is 4.68. The third-order valence-corrected chi connectivity index (χ3v) is 2.53. The number of halogens is 1. The van der Waals surface area contributed by atoms with Gasteiger partial charge in [-0.05, 0) is 45.0 Å². The fourth-order valence-corrected chi connectivity index (χ4v) is 1.51. The summed E-state index contributed by atoms with van der Waals surface area (Å²) in [6.45, 7) is 5.33. The van der Waals surface area contributed by atoms with Crippen molar-refractivity contribution in [3.63, 3.8) is 0 Å². The quantitative estimate of drug-likeness (QED) is 0.873. The molecule has 0 unspecified atom stereocenters. The number of carbonyl (C=O) groups excluding carboxylic acids is 2. The van der Waals surface area contributed by atoms with Crippen LogP contribution in [0, 0.1) is 0 Å². The molecular formula is C14H19ClN2O4. The van der Waals surface area contributed by atoms with Crippen LogP contribution in [0.2, 0.25) is 5.02 Å². The van der Waals surface area contributed by atoms with Gasteiger partial charge in [-0.25, -0.2) is 9.59 Å². The number of hydrogen-bond donors (Lipinski definition) is 2. The maximum Gasteiger partial charge on any atom is 0.411 e. The third kappa shape index (κ3) is 7.41. The average Bonchev–Trinajstić information content (AvgIpc) is 2.38. The summed E-state index contributed by atoms with van der Waals surface area (Å²) in [4.78, 5) is 22.9. The molecule has 1 rings (SSSR count). The van der Waals surface area contributed by atoms with Crippen LogP contribution >= 0.6 is 11.6 Å². The van der Waals surface area contributed by atoms with Crippen LogP contribution in [0.1, 0.15) is 20.8 Å². The zero-order valence-corrected chi connectivity index (χ0v) is 12.9. The highest BCUT2D eigenvalue weighted by Crippen LogP contribution is 2.13. The molecule has 0 radical (unpaired) electrons. The van der Waals surface area contributed by atoms with Gasteiger partial charge in [-0.15, -0.1) is 0 Å². The molecule has 0 fully saturated rings. The molecule has 0 saturated carbocycles. The van der Waals surface area contributed by atoms with Crippen LogP contribution in [0.3, 0.4) is 0 Å². The molecular weight excluding hydrogens is 296 g/mol. The van der Waals surface area contributed by atoms with E-state index in [1.807, 2.05) is 0 Å². The molecule has 0 aliphatic carbocycles. The molecule has 0 bridgehead atoms. The van der Waals surface area contributed by atoms with E-state index >= 15 is 0 Å². The molecule has 0 aromatic heterocycles. The van der Waals surface area contributed by atoms with E-state index in [-0.39, 0.29) is 12.6 Å². The summed E-state index contributed by atoms with van der Waals surface area (Å²) in [5.41, 5.74) is 0.573. The Morgan fingerprint density at radius 3 is 2.29 bits per heavy atom. The molecule has 116 valence electrons. The van der Waals surface area contributed by atoms with Gasteiger partial charge >= 0.3 is 12.2 Å². The van der Waals surface area contributed by atoms with Gasteiger partial charge in [0.2, 0.25) is 0 Å². The third-order valence-electron chi connectivity index (χ3n) is 2.28. The fraction of sp³-hybridized carbons (Fsp3) is 0.429. The molecule has 0 heterocycles. The number of hydrogen-bond acceptors (Lipinski definition) is 4. The summed E-state index contributed by atoms with van der Waals surface area (Å²) in [6, 6.07) is 6.63. The summed E-state index contributed by atoms with van der Waals surface area (Å²) in [5, 5.41) is 5.64. The number of rotatable bonds is 5. The lowest BCUT2D eigenvalue weighted by Crippen LogP contribution is -2.35. The van der Waals surface area contributed by atoms with Gasteiger partial charge in [-0.2, -0.15) is 0 Å². The van der Waals surface area contributed by atoms with Crippen LogP contribution in [-0.2, 0) is 9.47 Å². The molecule has 0 spiro atoms. The van der Waals surface area contributed by atoms with Crippen molar-refractivity contribution in [1.29, 1.82) is 0 Å². The Morgan fingerprint density at radius 2 is 1.71 bits per heavy atom. The Kier molecular flexibility index (Phi) is 6.81. The zero-order chi connectivity index (χ0) is 15.8. The maximum atomic E-state index is 11.6. The van der Waals surface area contributed by atoms with Gasteiger partial charge in [-0.1, -0.05) is 11.6 Å². The zero-order valence-electron chi connectivity index (χ0n) is 12.2. The molecule has 0 aliphatic heterocycles. The van der Waals surface area contributed by atoms with Gasteiger partial charge in [0, 0.05) is 10.7 Å². The minimum Gasteiger partial charge on any atom is -0.447 e. The molecule has 2 N–H and O–H groups in total. The first kappa shape index (κ1) is 17.1. The van der Waals surface area contributed by atoms with E-state index in [4.69, 9.17) is 21.1 Å². The number of alkyl carbamates (subject to hydrolysis) is 1. The number of benzene rings is 1. The summed E-state index contributed by atoms with van der Waals surface area (Å²) < 4.78 is 9.98. The summed E-state index contributed by atoms with van der Waals surface area (Å²) in [5.74, 6) is 0. The lowest BCUT2D eigenvalue weighted by atomic mass is 10.3. The van der Waals surface area contributed by atoms with Crippen molar-refractivity contribution in [2.45, 2.75) is 33.0 Å². The topological polar surface area (TPSA) is 76.7 Å². The van der Waals surface area contributed by atoms with Crippen LogP contribution in [0.15, 0.2) is 24.3 Å². The van der Waals surface area contributed by atoms with Crippen molar-refractivity contribution < 1.29 is 19.1 Å². The minimum absolute atomic E-state index is 0.166. The van der Waals surface area contributed by atoms with Crippen molar-refractivity contribution >= 4 is 29.5 Å². The fourth-order valence-electron chi connectivity index (χ4n) is 1.39. The molecule has 0 saturated heterocycles. The van der Waals surface area contributed by atoms with Gasteiger partial charge < -0.3 is 14.8 Å². The Morgan fingerprint density at radius 1 is 1.10 bits per heavy atom. The first-order chi connectivity index (χ1) is 9.86. The Hall–Kier alpha value is -1.95. The van der Waals surface area contributed by atoms with Gasteiger partial charge in [-0.3, -0.25) is 5.32 Å². The van der Waals surface area contributed by atoms with Crippen molar-refractivity contribution in [3.05, 3.63) is 29.3 Å². The van der Waals surface area contributed by atoms with E-state index in [1.165, 1.54) is 0 Å². The van der Waals surface area contributed by atoms with Gasteiger partial charge in [0.15, 0.2) is 0 Å². The first-order valence-electron chi connectivity index (χ1n) is 6.54. The molecule has 1 aromatic carbocycles. The molecule has 6 nitrogen and oxygen atoms in total. The monoisotopic (exact) mass is 314 g/mol. The average molecular weight is 315 g/mol. The predicted molar refractivity (Wildman–Crippen MR) is 80.6 cm³/mol. The minimum atomic E-state index is -0.608. The normalized spacial score (nSPS) is 11.7. The van der Waals surface area contributed by atoms with Crippen molar-refractivity contribution in [1.82, 2.24) is 5.32 Å². The lowest BCUT2D eigenvalue weighted by molar-refractivity contribution is 0.0985. The highest BCUT2D eigenvalue weighted by atomic mass is 35.5. The molecule has 21 heavy (non-hydrogen) atoms. The Bertz CT molecular complexity index is 476. The van der Waals surface area contributed by atoms with E-state index in [9.17, 15) is 9.59 Å². The second-order valence-corrected chi connectivity index (χ2v) is 5.12. The van der Waals surface area contributed by atoms with Gasteiger partial charge in [0.1, 0.15) is 6.10 Å². The van der Waals surface area contributed by atoms with Crippen molar-refractivity contribution in [2.75, 3.05) is 11.9 Å². The Labute approximate surface area is 128 Å². The number of nitrogens with one attached hydrogen (secondary N) is 2. The summed E-state index contributed by atoms with van der Waals surface area (Å²) in [7, 11) is 0. The number of ether oxygens (including phenoxy) is 2. The van der Waals surface area contributed by atoms with E-state index in [2.05, 4.69) is 10.6 Å². The maximum absolute atomic E-state index is 11.6. The number of amides is 2.